The van der Waals surface area contributed by atoms with Crippen molar-refractivity contribution in [1.29, 1.82) is 0 Å². The van der Waals surface area contributed by atoms with Crippen LogP contribution in [0.3, 0.4) is 0 Å². The Morgan fingerprint density at radius 3 is 2.69 bits per heavy atom. The summed E-state index contributed by atoms with van der Waals surface area (Å²) < 4.78 is 0. The van der Waals surface area contributed by atoms with Crippen molar-refractivity contribution in [2.24, 2.45) is 0 Å². The van der Waals surface area contributed by atoms with E-state index in [0.717, 1.165) is 13.0 Å². The lowest BCUT2D eigenvalue weighted by molar-refractivity contribution is 0.599. The van der Waals surface area contributed by atoms with Gasteiger partial charge in [0.1, 0.15) is 0 Å². The third-order valence-corrected chi connectivity index (χ3v) is 3.22. The molecule has 0 spiro atoms. The maximum Gasteiger partial charge on any atom is 0.0586 e. The number of rotatable bonds is 5. The van der Waals surface area contributed by atoms with Gasteiger partial charge in [0, 0.05) is 12.4 Å². The summed E-state index contributed by atoms with van der Waals surface area (Å²) in [5, 5.41) is 7.89. The van der Waals surface area contributed by atoms with Gasteiger partial charge in [-0.1, -0.05) is 6.92 Å². The van der Waals surface area contributed by atoms with Crippen LogP contribution in [0.1, 0.15) is 30.5 Å². The van der Waals surface area contributed by atoms with E-state index < -0.39 is 0 Å². The third kappa shape index (κ3) is 2.68. The number of hydrogen-bond acceptors (Lipinski definition) is 3. The first kappa shape index (κ1) is 11.3. The van der Waals surface area contributed by atoms with Crippen molar-refractivity contribution in [3.8, 4) is 0 Å². The molecule has 2 heterocycles. The van der Waals surface area contributed by atoms with Gasteiger partial charge in [0.05, 0.1) is 6.04 Å². The van der Waals surface area contributed by atoms with Crippen molar-refractivity contribution in [3.05, 3.63) is 52.5 Å². The van der Waals surface area contributed by atoms with Gasteiger partial charge in [-0.2, -0.15) is 11.3 Å². The summed E-state index contributed by atoms with van der Waals surface area (Å²) >= 11 is 1.74. The molecular weight excluding hydrogens is 216 g/mol. The highest BCUT2D eigenvalue weighted by Crippen LogP contribution is 2.23. The van der Waals surface area contributed by atoms with Crippen molar-refractivity contribution in [2.45, 2.75) is 19.4 Å². The minimum Gasteiger partial charge on any atom is -0.306 e. The van der Waals surface area contributed by atoms with Crippen LogP contribution in [0.15, 0.2) is 41.4 Å². The van der Waals surface area contributed by atoms with Crippen molar-refractivity contribution in [1.82, 2.24) is 10.3 Å². The molecule has 0 bridgehead atoms. The molecule has 0 saturated carbocycles. The fourth-order valence-electron chi connectivity index (χ4n) is 1.71. The van der Waals surface area contributed by atoms with Crippen LogP contribution in [0.4, 0.5) is 0 Å². The largest absolute Gasteiger partial charge is 0.306 e. The Kier molecular flexibility index (Phi) is 4.08. The Hall–Kier alpha value is -1.19. The first-order valence-corrected chi connectivity index (χ1v) is 6.51. The Morgan fingerprint density at radius 2 is 2.06 bits per heavy atom. The minimum atomic E-state index is 0.300. The molecular formula is C13H16N2S. The average molecular weight is 232 g/mol. The zero-order valence-electron chi connectivity index (χ0n) is 9.39. The molecule has 0 aliphatic heterocycles. The minimum absolute atomic E-state index is 0.300. The second kappa shape index (κ2) is 5.77. The van der Waals surface area contributed by atoms with Crippen LogP contribution >= 0.6 is 11.3 Å². The number of pyridine rings is 1. The molecule has 16 heavy (non-hydrogen) atoms. The zero-order valence-corrected chi connectivity index (χ0v) is 10.2. The topological polar surface area (TPSA) is 24.9 Å². The number of nitrogens with one attached hydrogen (secondary N) is 1. The molecule has 3 heteroatoms. The van der Waals surface area contributed by atoms with Crippen molar-refractivity contribution < 1.29 is 0 Å². The highest BCUT2D eigenvalue weighted by Gasteiger charge is 2.12. The third-order valence-electron chi connectivity index (χ3n) is 2.51. The average Bonchev–Trinajstić information content (AvgIpc) is 2.85. The summed E-state index contributed by atoms with van der Waals surface area (Å²) in [5.74, 6) is 0. The Balaban J connectivity index is 2.21. The number of nitrogens with zero attached hydrogens (tertiary/aromatic N) is 1. The smallest absolute Gasteiger partial charge is 0.0586 e. The quantitative estimate of drug-likeness (QED) is 0.856. The molecule has 0 aliphatic rings. The standard InChI is InChI=1S/C13H16N2S/c1-2-6-15-13(12-5-9-16-10-12)11-3-7-14-8-4-11/h3-5,7-10,13,15H,2,6H2,1H3. The van der Waals surface area contributed by atoms with Gasteiger partial charge in [-0.05, 0) is 53.1 Å². The van der Waals surface area contributed by atoms with E-state index in [0.29, 0.717) is 6.04 Å². The normalized spacial score (nSPS) is 12.6. The highest BCUT2D eigenvalue weighted by molar-refractivity contribution is 7.08. The summed E-state index contributed by atoms with van der Waals surface area (Å²) in [7, 11) is 0. The summed E-state index contributed by atoms with van der Waals surface area (Å²) in [5.41, 5.74) is 2.62. The zero-order chi connectivity index (χ0) is 11.2. The predicted octanol–water partition coefficient (Wildman–Crippen LogP) is 3.23. The number of aromatic nitrogens is 1. The van der Waals surface area contributed by atoms with E-state index in [1.54, 1.807) is 11.3 Å². The molecule has 2 nitrogen and oxygen atoms in total. The Labute approximate surface area is 100 Å². The van der Waals surface area contributed by atoms with E-state index in [-0.39, 0.29) is 0 Å². The van der Waals surface area contributed by atoms with Gasteiger partial charge in [-0.25, -0.2) is 0 Å². The number of thiophene rings is 1. The van der Waals surface area contributed by atoms with Crippen LogP contribution in [0.25, 0.3) is 0 Å². The monoisotopic (exact) mass is 232 g/mol. The molecule has 0 radical (unpaired) electrons. The molecule has 0 amide bonds. The van der Waals surface area contributed by atoms with E-state index >= 15 is 0 Å². The Bertz CT molecular complexity index is 397. The summed E-state index contributed by atoms with van der Waals surface area (Å²) in [6.07, 6.45) is 4.84. The van der Waals surface area contributed by atoms with Gasteiger partial charge in [-0.3, -0.25) is 4.98 Å². The van der Waals surface area contributed by atoms with E-state index in [4.69, 9.17) is 0 Å². The number of hydrogen-bond donors (Lipinski definition) is 1. The van der Waals surface area contributed by atoms with E-state index in [1.165, 1.54) is 11.1 Å². The second-order valence-electron chi connectivity index (χ2n) is 3.72. The van der Waals surface area contributed by atoms with Gasteiger partial charge in [0.15, 0.2) is 0 Å². The lowest BCUT2D eigenvalue weighted by Crippen LogP contribution is -2.22. The maximum atomic E-state index is 4.06. The van der Waals surface area contributed by atoms with Gasteiger partial charge in [0.2, 0.25) is 0 Å². The van der Waals surface area contributed by atoms with Crippen molar-refractivity contribution in [3.63, 3.8) is 0 Å². The molecule has 0 saturated heterocycles. The van der Waals surface area contributed by atoms with Crippen LogP contribution in [0.5, 0.6) is 0 Å². The predicted molar refractivity (Wildman–Crippen MR) is 68.7 cm³/mol. The van der Waals surface area contributed by atoms with Crippen LogP contribution in [-0.2, 0) is 0 Å². The summed E-state index contributed by atoms with van der Waals surface area (Å²) in [4.78, 5) is 4.06. The molecule has 2 aromatic rings. The van der Waals surface area contributed by atoms with Gasteiger partial charge < -0.3 is 5.32 Å². The van der Waals surface area contributed by atoms with E-state index in [2.05, 4.69) is 46.2 Å². The molecule has 1 unspecified atom stereocenters. The van der Waals surface area contributed by atoms with Crippen molar-refractivity contribution in [2.75, 3.05) is 6.54 Å². The second-order valence-corrected chi connectivity index (χ2v) is 4.50. The van der Waals surface area contributed by atoms with E-state index in [1.807, 2.05) is 12.4 Å². The van der Waals surface area contributed by atoms with Gasteiger partial charge >= 0.3 is 0 Å². The highest BCUT2D eigenvalue weighted by atomic mass is 32.1. The molecule has 0 aliphatic carbocycles. The van der Waals surface area contributed by atoms with Crippen LogP contribution in [0.2, 0.25) is 0 Å². The molecule has 84 valence electrons. The maximum absolute atomic E-state index is 4.06. The Morgan fingerprint density at radius 1 is 1.25 bits per heavy atom. The van der Waals surface area contributed by atoms with Crippen LogP contribution in [-0.4, -0.2) is 11.5 Å². The van der Waals surface area contributed by atoms with Gasteiger partial charge in [-0.15, -0.1) is 0 Å². The molecule has 0 aromatic carbocycles. The summed E-state index contributed by atoms with van der Waals surface area (Å²) in [6.45, 7) is 3.22. The van der Waals surface area contributed by atoms with Crippen LogP contribution < -0.4 is 5.32 Å². The molecule has 1 N–H and O–H groups in total. The first-order valence-electron chi connectivity index (χ1n) is 5.57. The molecule has 2 aromatic heterocycles. The summed E-state index contributed by atoms with van der Waals surface area (Å²) in [6, 6.07) is 6.63. The van der Waals surface area contributed by atoms with Crippen LogP contribution in [0, 0.1) is 0 Å². The molecule has 1 atom stereocenters. The van der Waals surface area contributed by atoms with E-state index in [9.17, 15) is 0 Å². The SMILES string of the molecule is CCCNC(c1ccncc1)c1ccsc1. The fraction of sp³-hybridized carbons (Fsp3) is 0.308. The molecule has 0 fully saturated rings. The first-order chi connectivity index (χ1) is 7.92. The lowest BCUT2D eigenvalue weighted by Gasteiger charge is -2.17. The lowest BCUT2D eigenvalue weighted by atomic mass is 10.0. The fourth-order valence-corrected chi connectivity index (χ4v) is 2.40. The van der Waals surface area contributed by atoms with Crippen molar-refractivity contribution >= 4 is 11.3 Å². The molecule has 2 rings (SSSR count). The van der Waals surface area contributed by atoms with Gasteiger partial charge in [0.25, 0.3) is 0 Å².